The van der Waals surface area contributed by atoms with Crippen molar-refractivity contribution < 1.29 is 13.9 Å². The third-order valence-electron chi connectivity index (χ3n) is 7.34. The van der Waals surface area contributed by atoms with Gasteiger partial charge in [-0.1, -0.05) is 20.8 Å². The molecule has 0 unspecified atom stereocenters. The van der Waals surface area contributed by atoms with E-state index in [1.165, 1.54) is 12.8 Å². The van der Waals surface area contributed by atoms with Crippen LogP contribution in [0.2, 0.25) is 0 Å². The molecule has 1 heterocycles. The van der Waals surface area contributed by atoms with Crippen molar-refractivity contribution in [1.29, 1.82) is 0 Å². The van der Waals surface area contributed by atoms with E-state index in [0.29, 0.717) is 11.8 Å². The molecule has 0 saturated heterocycles. The van der Waals surface area contributed by atoms with Crippen molar-refractivity contribution in [2.24, 2.45) is 16.7 Å². The Kier molecular flexibility index (Phi) is 3.64. The van der Waals surface area contributed by atoms with Crippen molar-refractivity contribution in [1.82, 2.24) is 5.32 Å². The Bertz CT molecular complexity index is 822. The second-order valence-electron chi connectivity index (χ2n) is 8.53. The van der Waals surface area contributed by atoms with Gasteiger partial charge < -0.3 is 14.5 Å². The number of hydrogen-bond acceptors (Lipinski definition) is 3. The lowest BCUT2D eigenvalue weighted by Gasteiger charge is -2.39. The zero-order valence-corrected chi connectivity index (χ0v) is 15.5. The molecule has 2 aliphatic carbocycles. The van der Waals surface area contributed by atoms with E-state index in [1.807, 2.05) is 18.2 Å². The Morgan fingerprint density at radius 3 is 2.80 bits per heavy atom. The third-order valence-corrected chi connectivity index (χ3v) is 7.34. The van der Waals surface area contributed by atoms with Crippen molar-refractivity contribution in [2.45, 2.75) is 52.5 Å². The van der Waals surface area contributed by atoms with E-state index in [2.05, 4.69) is 26.1 Å². The fraction of sp³-hybridized carbons (Fsp3) is 0.571. The van der Waals surface area contributed by atoms with Crippen molar-refractivity contribution in [3.63, 3.8) is 0 Å². The zero-order chi connectivity index (χ0) is 17.8. The molecule has 1 amide bonds. The molecule has 134 valence electrons. The summed E-state index contributed by atoms with van der Waals surface area (Å²) in [5, 5.41) is 4.31. The van der Waals surface area contributed by atoms with E-state index >= 15 is 0 Å². The second kappa shape index (κ2) is 5.52. The molecule has 2 aromatic rings. The van der Waals surface area contributed by atoms with Gasteiger partial charge in [0.1, 0.15) is 11.3 Å². The van der Waals surface area contributed by atoms with Crippen LogP contribution in [-0.2, 0) is 11.2 Å². The lowest BCUT2D eigenvalue weighted by Crippen LogP contribution is -2.47. The number of carbonyl (C=O) groups excluding carboxylic acids is 1. The lowest BCUT2D eigenvalue weighted by molar-refractivity contribution is -0.122. The number of rotatable bonds is 4. The molecular weight excluding hydrogens is 314 g/mol. The minimum absolute atomic E-state index is 0.0908. The van der Waals surface area contributed by atoms with Crippen LogP contribution in [0.25, 0.3) is 11.0 Å². The van der Waals surface area contributed by atoms with Gasteiger partial charge in [-0.3, -0.25) is 4.79 Å². The number of benzene rings is 1. The Labute approximate surface area is 148 Å². The Morgan fingerprint density at radius 2 is 2.16 bits per heavy atom. The summed E-state index contributed by atoms with van der Waals surface area (Å²) in [7, 11) is 1.63. The quantitative estimate of drug-likeness (QED) is 0.901. The average molecular weight is 341 g/mol. The predicted octanol–water partition coefficient (Wildman–Crippen LogP) is 4.31. The minimum Gasteiger partial charge on any atom is -0.497 e. The van der Waals surface area contributed by atoms with Crippen molar-refractivity contribution >= 4 is 16.9 Å². The number of hydrogen-bond donors (Lipinski definition) is 1. The highest BCUT2D eigenvalue weighted by Gasteiger charge is 2.61. The van der Waals surface area contributed by atoms with Crippen LogP contribution in [0.15, 0.2) is 28.9 Å². The highest BCUT2D eigenvalue weighted by Crippen LogP contribution is 2.65. The van der Waals surface area contributed by atoms with Crippen LogP contribution >= 0.6 is 0 Å². The number of fused-ring (bicyclic) bond motifs is 3. The van der Waals surface area contributed by atoms with E-state index in [4.69, 9.17) is 9.15 Å². The monoisotopic (exact) mass is 341 g/mol. The van der Waals surface area contributed by atoms with Crippen LogP contribution in [0.5, 0.6) is 5.75 Å². The zero-order valence-electron chi connectivity index (χ0n) is 15.5. The van der Waals surface area contributed by atoms with Gasteiger partial charge in [-0.15, -0.1) is 0 Å². The maximum absolute atomic E-state index is 12.7. The summed E-state index contributed by atoms with van der Waals surface area (Å²) in [5.41, 5.74) is 2.21. The van der Waals surface area contributed by atoms with Crippen LogP contribution in [0, 0.1) is 16.7 Å². The SMILES string of the molecule is COc1ccc2c(CC(=O)N[C@H]3C[C@H]4CC[C@@]3(C)C4(C)C)coc2c1. The van der Waals surface area contributed by atoms with E-state index in [1.54, 1.807) is 13.4 Å². The summed E-state index contributed by atoms with van der Waals surface area (Å²) in [6.07, 6.45) is 5.67. The molecule has 4 heteroatoms. The van der Waals surface area contributed by atoms with Gasteiger partial charge in [0, 0.05) is 23.1 Å². The number of nitrogens with one attached hydrogen (secondary N) is 1. The first-order valence-electron chi connectivity index (χ1n) is 9.18. The lowest BCUT2D eigenvalue weighted by atomic mass is 9.69. The molecule has 1 N–H and O–H groups in total. The van der Waals surface area contributed by atoms with Crippen molar-refractivity contribution in [3.8, 4) is 5.75 Å². The standard InChI is InChI=1S/C21H27NO3/c1-20(2)14-7-8-21(20,3)18(10-14)22-19(23)9-13-12-25-17-11-15(24-4)5-6-16(13)17/h5-6,11-12,14,18H,7-10H2,1-4H3,(H,22,23)/t14-,18+,21-/m1/s1. The van der Waals surface area contributed by atoms with E-state index in [-0.39, 0.29) is 17.4 Å². The average Bonchev–Trinajstić information content (AvgIpc) is 3.13. The van der Waals surface area contributed by atoms with Gasteiger partial charge >= 0.3 is 0 Å². The normalized spacial score (nSPS) is 29.9. The second-order valence-corrected chi connectivity index (χ2v) is 8.53. The van der Waals surface area contributed by atoms with Crippen molar-refractivity contribution in [3.05, 3.63) is 30.0 Å². The molecule has 2 fully saturated rings. The first-order valence-corrected chi connectivity index (χ1v) is 9.18. The molecule has 0 radical (unpaired) electrons. The largest absolute Gasteiger partial charge is 0.497 e. The summed E-state index contributed by atoms with van der Waals surface area (Å²) < 4.78 is 10.8. The van der Waals surface area contributed by atoms with E-state index in [9.17, 15) is 4.79 Å². The fourth-order valence-corrected chi connectivity index (χ4v) is 5.17. The van der Waals surface area contributed by atoms with Gasteiger partial charge in [-0.05, 0) is 48.1 Å². The first-order chi connectivity index (χ1) is 11.8. The smallest absolute Gasteiger partial charge is 0.224 e. The molecule has 1 aromatic heterocycles. The number of carbonyl (C=O) groups is 1. The molecule has 2 saturated carbocycles. The maximum Gasteiger partial charge on any atom is 0.224 e. The molecule has 0 spiro atoms. The molecule has 2 bridgehead atoms. The third kappa shape index (κ3) is 2.37. The number of ether oxygens (including phenoxy) is 1. The summed E-state index contributed by atoms with van der Waals surface area (Å²) in [6.45, 7) is 7.09. The Morgan fingerprint density at radius 1 is 1.36 bits per heavy atom. The van der Waals surface area contributed by atoms with Gasteiger partial charge in [0.2, 0.25) is 5.91 Å². The number of amides is 1. The summed E-state index contributed by atoms with van der Waals surface area (Å²) in [6, 6.07) is 6.00. The van der Waals surface area contributed by atoms with E-state index < -0.39 is 0 Å². The van der Waals surface area contributed by atoms with Gasteiger partial charge in [0.25, 0.3) is 0 Å². The summed E-state index contributed by atoms with van der Waals surface area (Å²) in [5.74, 6) is 1.58. The maximum atomic E-state index is 12.7. The van der Waals surface area contributed by atoms with Gasteiger partial charge in [-0.2, -0.15) is 0 Å². The van der Waals surface area contributed by atoms with Gasteiger partial charge in [0.15, 0.2) is 0 Å². The molecule has 3 atom stereocenters. The van der Waals surface area contributed by atoms with Gasteiger partial charge in [0.05, 0.1) is 19.8 Å². The van der Waals surface area contributed by atoms with Crippen LogP contribution in [-0.4, -0.2) is 19.1 Å². The highest BCUT2D eigenvalue weighted by molar-refractivity contribution is 5.88. The van der Waals surface area contributed by atoms with Gasteiger partial charge in [-0.25, -0.2) is 0 Å². The summed E-state index contributed by atoms with van der Waals surface area (Å²) >= 11 is 0. The molecule has 2 aliphatic rings. The number of methoxy groups -OCH3 is 1. The van der Waals surface area contributed by atoms with Crippen molar-refractivity contribution in [2.75, 3.05) is 7.11 Å². The van der Waals surface area contributed by atoms with Crippen LogP contribution in [0.3, 0.4) is 0 Å². The van der Waals surface area contributed by atoms with E-state index in [0.717, 1.165) is 34.6 Å². The Hall–Kier alpha value is -1.97. The molecular formula is C21H27NO3. The minimum atomic E-state index is 0.0908. The topological polar surface area (TPSA) is 51.5 Å². The predicted molar refractivity (Wildman–Crippen MR) is 97.6 cm³/mol. The molecule has 4 rings (SSSR count). The highest BCUT2D eigenvalue weighted by atomic mass is 16.5. The van der Waals surface area contributed by atoms with Crippen LogP contribution < -0.4 is 10.1 Å². The molecule has 25 heavy (non-hydrogen) atoms. The number of furan rings is 1. The van der Waals surface area contributed by atoms with Crippen LogP contribution in [0.4, 0.5) is 0 Å². The molecule has 4 nitrogen and oxygen atoms in total. The molecule has 0 aliphatic heterocycles. The molecule has 1 aromatic carbocycles. The summed E-state index contributed by atoms with van der Waals surface area (Å²) in [4.78, 5) is 12.7. The Balaban J connectivity index is 1.49. The van der Waals surface area contributed by atoms with Crippen LogP contribution in [0.1, 0.15) is 45.6 Å². The first kappa shape index (κ1) is 16.5. The fourth-order valence-electron chi connectivity index (χ4n) is 5.17.